The lowest BCUT2D eigenvalue weighted by atomic mass is 10.2. The highest BCUT2D eigenvalue weighted by atomic mass is 16.5. The number of hydrogen-bond donors (Lipinski definition) is 2. The standard InChI is InChI=1S/C16H25NO5/c1-4-21-16(19)13-5-7-15(8-6-13)22-11-14(18)9-17-12(2)10-20-3/h5-8,12,14,17-18H,4,9-11H2,1-3H3/t12-,14-/m0/s1. The van der Waals surface area contributed by atoms with Gasteiger partial charge in [-0.1, -0.05) is 0 Å². The molecular weight excluding hydrogens is 286 g/mol. The maximum absolute atomic E-state index is 11.5. The minimum absolute atomic E-state index is 0.170. The predicted octanol–water partition coefficient (Wildman–Crippen LogP) is 1.23. The Labute approximate surface area is 131 Å². The zero-order valence-corrected chi connectivity index (χ0v) is 13.4. The van der Waals surface area contributed by atoms with E-state index in [0.717, 1.165) is 0 Å². The van der Waals surface area contributed by atoms with Gasteiger partial charge in [0.25, 0.3) is 0 Å². The molecule has 6 heteroatoms. The molecule has 0 aliphatic heterocycles. The van der Waals surface area contributed by atoms with Crippen LogP contribution in [0.15, 0.2) is 24.3 Å². The Morgan fingerprint density at radius 3 is 2.55 bits per heavy atom. The van der Waals surface area contributed by atoms with E-state index in [2.05, 4.69) is 5.32 Å². The lowest BCUT2D eigenvalue weighted by Crippen LogP contribution is -2.38. The van der Waals surface area contributed by atoms with Crippen LogP contribution in [0.2, 0.25) is 0 Å². The van der Waals surface area contributed by atoms with Crippen LogP contribution in [-0.2, 0) is 9.47 Å². The van der Waals surface area contributed by atoms with Crippen molar-refractivity contribution in [2.24, 2.45) is 0 Å². The molecule has 124 valence electrons. The Hall–Kier alpha value is -1.63. The quantitative estimate of drug-likeness (QED) is 0.633. The third kappa shape index (κ3) is 6.89. The van der Waals surface area contributed by atoms with Crippen molar-refractivity contribution in [1.29, 1.82) is 0 Å². The molecule has 0 aliphatic carbocycles. The maximum Gasteiger partial charge on any atom is 0.338 e. The summed E-state index contributed by atoms with van der Waals surface area (Å²) in [6, 6.07) is 6.81. The second-order valence-corrected chi connectivity index (χ2v) is 4.97. The molecule has 0 spiro atoms. The Balaban J connectivity index is 2.33. The number of esters is 1. The van der Waals surface area contributed by atoms with Crippen LogP contribution in [0.25, 0.3) is 0 Å². The molecule has 0 aromatic heterocycles. The Morgan fingerprint density at radius 1 is 1.27 bits per heavy atom. The normalized spacial score (nSPS) is 13.5. The van der Waals surface area contributed by atoms with Gasteiger partial charge in [-0.25, -0.2) is 4.79 Å². The van der Waals surface area contributed by atoms with Gasteiger partial charge in [0.15, 0.2) is 0 Å². The van der Waals surface area contributed by atoms with Gasteiger partial charge in [0.2, 0.25) is 0 Å². The smallest absolute Gasteiger partial charge is 0.338 e. The van der Waals surface area contributed by atoms with E-state index in [-0.39, 0.29) is 18.6 Å². The second kappa shape index (κ2) is 10.2. The summed E-state index contributed by atoms with van der Waals surface area (Å²) in [5.74, 6) is 0.238. The van der Waals surface area contributed by atoms with Gasteiger partial charge in [-0.05, 0) is 38.1 Å². The molecule has 6 nitrogen and oxygen atoms in total. The first-order valence-electron chi connectivity index (χ1n) is 7.37. The van der Waals surface area contributed by atoms with Crippen molar-refractivity contribution in [3.05, 3.63) is 29.8 Å². The number of aliphatic hydroxyl groups excluding tert-OH is 1. The van der Waals surface area contributed by atoms with Crippen molar-refractivity contribution >= 4 is 5.97 Å². The highest BCUT2D eigenvalue weighted by Gasteiger charge is 2.09. The van der Waals surface area contributed by atoms with E-state index in [1.165, 1.54) is 0 Å². The number of nitrogens with one attached hydrogen (secondary N) is 1. The number of aliphatic hydroxyl groups is 1. The van der Waals surface area contributed by atoms with E-state index < -0.39 is 6.10 Å². The van der Waals surface area contributed by atoms with E-state index >= 15 is 0 Å². The summed E-state index contributed by atoms with van der Waals surface area (Å²) in [7, 11) is 1.64. The molecule has 0 radical (unpaired) electrons. The van der Waals surface area contributed by atoms with E-state index in [0.29, 0.717) is 31.1 Å². The number of rotatable bonds is 10. The van der Waals surface area contributed by atoms with Crippen LogP contribution in [-0.4, -0.2) is 56.7 Å². The van der Waals surface area contributed by atoms with Crippen molar-refractivity contribution in [2.45, 2.75) is 26.0 Å². The molecule has 0 bridgehead atoms. The van der Waals surface area contributed by atoms with Crippen molar-refractivity contribution in [3.8, 4) is 5.75 Å². The molecule has 2 atom stereocenters. The van der Waals surface area contributed by atoms with Gasteiger partial charge >= 0.3 is 5.97 Å². The topological polar surface area (TPSA) is 77.0 Å². The first-order chi connectivity index (χ1) is 10.6. The monoisotopic (exact) mass is 311 g/mol. The van der Waals surface area contributed by atoms with Crippen LogP contribution in [0.4, 0.5) is 0 Å². The predicted molar refractivity (Wildman–Crippen MR) is 83.2 cm³/mol. The third-order valence-corrected chi connectivity index (χ3v) is 2.93. The molecule has 1 aromatic carbocycles. The van der Waals surface area contributed by atoms with Gasteiger partial charge in [-0.2, -0.15) is 0 Å². The fraction of sp³-hybridized carbons (Fsp3) is 0.562. The molecule has 0 aliphatic rings. The highest BCUT2D eigenvalue weighted by Crippen LogP contribution is 2.13. The minimum Gasteiger partial charge on any atom is -0.491 e. The molecular formula is C16H25NO5. The largest absolute Gasteiger partial charge is 0.491 e. The van der Waals surface area contributed by atoms with Crippen LogP contribution < -0.4 is 10.1 Å². The molecule has 22 heavy (non-hydrogen) atoms. The van der Waals surface area contributed by atoms with Gasteiger partial charge in [-0.3, -0.25) is 0 Å². The molecule has 0 saturated heterocycles. The first kappa shape index (κ1) is 18.4. The van der Waals surface area contributed by atoms with Crippen molar-refractivity contribution in [3.63, 3.8) is 0 Å². The van der Waals surface area contributed by atoms with Crippen molar-refractivity contribution < 1.29 is 24.1 Å². The zero-order valence-electron chi connectivity index (χ0n) is 13.4. The fourth-order valence-corrected chi connectivity index (χ4v) is 1.80. The fourth-order valence-electron chi connectivity index (χ4n) is 1.80. The van der Waals surface area contributed by atoms with Gasteiger partial charge in [0.1, 0.15) is 18.5 Å². The van der Waals surface area contributed by atoms with Crippen LogP contribution in [0, 0.1) is 0 Å². The van der Waals surface area contributed by atoms with Crippen LogP contribution in [0.5, 0.6) is 5.75 Å². The number of benzene rings is 1. The van der Waals surface area contributed by atoms with E-state index in [1.54, 1.807) is 38.3 Å². The molecule has 2 N–H and O–H groups in total. The lowest BCUT2D eigenvalue weighted by molar-refractivity contribution is 0.0526. The molecule has 1 rings (SSSR count). The average Bonchev–Trinajstić information content (AvgIpc) is 2.52. The van der Waals surface area contributed by atoms with Crippen molar-refractivity contribution in [2.75, 3.05) is 33.5 Å². The summed E-state index contributed by atoms with van der Waals surface area (Å²) < 4.78 is 15.4. The van der Waals surface area contributed by atoms with Crippen LogP contribution in [0.3, 0.4) is 0 Å². The van der Waals surface area contributed by atoms with Crippen LogP contribution >= 0.6 is 0 Å². The Bertz CT molecular complexity index is 435. The molecule has 1 aromatic rings. The van der Waals surface area contributed by atoms with Gasteiger partial charge < -0.3 is 24.6 Å². The number of carbonyl (C=O) groups excluding carboxylic acids is 1. The summed E-state index contributed by atoms with van der Waals surface area (Å²) in [6.45, 7) is 5.26. The third-order valence-electron chi connectivity index (χ3n) is 2.93. The molecule has 0 heterocycles. The lowest BCUT2D eigenvalue weighted by Gasteiger charge is -2.17. The van der Waals surface area contributed by atoms with E-state index in [4.69, 9.17) is 14.2 Å². The van der Waals surface area contributed by atoms with Gasteiger partial charge in [-0.15, -0.1) is 0 Å². The summed E-state index contributed by atoms with van der Waals surface area (Å²) in [6.07, 6.45) is -0.621. The van der Waals surface area contributed by atoms with Gasteiger partial charge in [0.05, 0.1) is 18.8 Å². The number of ether oxygens (including phenoxy) is 3. The number of hydrogen-bond acceptors (Lipinski definition) is 6. The summed E-state index contributed by atoms with van der Waals surface area (Å²) in [4.78, 5) is 11.5. The molecule has 0 fully saturated rings. The second-order valence-electron chi connectivity index (χ2n) is 4.97. The summed E-state index contributed by atoms with van der Waals surface area (Å²) >= 11 is 0. The zero-order chi connectivity index (χ0) is 16.4. The Kier molecular flexibility index (Phi) is 8.50. The van der Waals surface area contributed by atoms with Gasteiger partial charge in [0, 0.05) is 19.7 Å². The maximum atomic E-state index is 11.5. The number of methoxy groups -OCH3 is 1. The minimum atomic E-state index is -0.621. The Morgan fingerprint density at radius 2 is 1.95 bits per heavy atom. The number of carbonyl (C=O) groups is 1. The van der Waals surface area contributed by atoms with Crippen LogP contribution in [0.1, 0.15) is 24.2 Å². The summed E-state index contributed by atoms with van der Waals surface area (Å²) in [5, 5.41) is 13.0. The molecule has 0 amide bonds. The SMILES string of the molecule is CCOC(=O)c1ccc(OC[C@@H](O)CN[C@@H](C)COC)cc1. The van der Waals surface area contributed by atoms with E-state index in [9.17, 15) is 9.90 Å². The van der Waals surface area contributed by atoms with E-state index in [1.807, 2.05) is 6.92 Å². The average molecular weight is 311 g/mol. The highest BCUT2D eigenvalue weighted by molar-refractivity contribution is 5.89. The molecule has 0 saturated carbocycles. The first-order valence-corrected chi connectivity index (χ1v) is 7.37. The van der Waals surface area contributed by atoms with Crippen molar-refractivity contribution in [1.82, 2.24) is 5.32 Å². The molecule has 0 unspecified atom stereocenters. The summed E-state index contributed by atoms with van der Waals surface area (Å²) in [5.41, 5.74) is 0.477.